The number of fused-ring (bicyclic) bond motifs is 1. The van der Waals surface area contributed by atoms with Crippen molar-refractivity contribution in [2.75, 3.05) is 14.2 Å². The molecule has 96 valence electrons. The molecular weight excluding hydrogens is 230 g/mol. The number of nitrogens with zero attached hydrogens (tertiary/aromatic N) is 1. The summed E-state index contributed by atoms with van der Waals surface area (Å²) in [6, 6.07) is 10.1. The summed E-state index contributed by atoms with van der Waals surface area (Å²) in [6.07, 6.45) is -0.683. The molecule has 0 aromatic heterocycles. The summed E-state index contributed by atoms with van der Waals surface area (Å²) in [5.41, 5.74) is 1.37. The molecule has 0 spiro atoms. The highest BCUT2D eigenvalue weighted by molar-refractivity contribution is 5.38. The second-order valence-corrected chi connectivity index (χ2v) is 4.67. The molecule has 1 aromatic carbocycles. The van der Waals surface area contributed by atoms with Gasteiger partial charge >= 0.3 is 0 Å². The normalized spacial score (nSPS) is 18.4. The van der Waals surface area contributed by atoms with E-state index in [9.17, 15) is 10.4 Å². The largest absolute Gasteiger partial charge is 0.386 e. The minimum absolute atomic E-state index is 0.532. The van der Waals surface area contributed by atoms with Crippen LogP contribution in [0.4, 0.5) is 0 Å². The molecule has 4 nitrogen and oxygen atoms in total. The lowest BCUT2D eigenvalue weighted by Gasteiger charge is -2.31. The summed E-state index contributed by atoms with van der Waals surface area (Å²) < 4.78 is 10.2. The van der Waals surface area contributed by atoms with E-state index in [4.69, 9.17) is 9.47 Å². The average Bonchev–Trinajstić information content (AvgIpc) is 2.79. The Hall–Kier alpha value is -1.41. The van der Waals surface area contributed by atoms with Gasteiger partial charge in [0.1, 0.15) is 6.10 Å². The van der Waals surface area contributed by atoms with E-state index in [0.717, 1.165) is 11.1 Å². The Morgan fingerprint density at radius 1 is 1.22 bits per heavy atom. The predicted octanol–water partition coefficient (Wildman–Crippen LogP) is 1.27. The lowest BCUT2D eigenvalue weighted by Crippen LogP contribution is -2.45. The molecule has 0 heterocycles. The lowest BCUT2D eigenvalue weighted by atomic mass is 9.80. The molecule has 0 amide bonds. The van der Waals surface area contributed by atoms with Crippen LogP contribution in [0.15, 0.2) is 24.3 Å². The van der Waals surface area contributed by atoms with Crippen LogP contribution in [0.25, 0.3) is 0 Å². The molecule has 1 unspecified atom stereocenters. The minimum atomic E-state index is -0.968. The summed E-state index contributed by atoms with van der Waals surface area (Å²) >= 11 is 0. The van der Waals surface area contributed by atoms with Crippen molar-refractivity contribution >= 4 is 0 Å². The third-order valence-corrected chi connectivity index (χ3v) is 3.64. The van der Waals surface area contributed by atoms with Crippen LogP contribution >= 0.6 is 0 Å². The highest BCUT2D eigenvalue weighted by Gasteiger charge is 2.47. The Balaban J connectivity index is 2.29. The molecule has 1 N–H and O–H groups in total. The first-order chi connectivity index (χ1) is 8.66. The average molecular weight is 247 g/mol. The van der Waals surface area contributed by atoms with E-state index in [2.05, 4.69) is 6.07 Å². The minimum Gasteiger partial charge on any atom is -0.386 e. The molecule has 18 heavy (non-hydrogen) atoms. The second-order valence-electron chi connectivity index (χ2n) is 4.67. The third-order valence-electron chi connectivity index (χ3n) is 3.64. The number of aliphatic hydroxyl groups is 1. The van der Waals surface area contributed by atoms with Gasteiger partial charge in [0.2, 0.25) is 0 Å². The van der Waals surface area contributed by atoms with E-state index >= 15 is 0 Å². The van der Waals surface area contributed by atoms with Crippen molar-refractivity contribution in [3.8, 4) is 6.07 Å². The molecule has 0 fully saturated rings. The molecule has 1 aromatic rings. The Bertz CT molecular complexity index is 437. The zero-order chi connectivity index (χ0) is 13.2. The van der Waals surface area contributed by atoms with Crippen LogP contribution in [0.3, 0.4) is 0 Å². The number of benzene rings is 1. The summed E-state index contributed by atoms with van der Waals surface area (Å²) in [5, 5.41) is 19.8. The lowest BCUT2D eigenvalue weighted by molar-refractivity contribution is -0.188. The van der Waals surface area contributed by atoms with Gasteiger partial charge in [-0.15, -0.1) is 0 Å². The van der Waals surface area contributed by atoms with Gasteiger partial charge in [-0.2, -0.15) is 5.26 Å². The van der Waals surface area contributed by atoms with Crippen LogP contribution in [-0.2, 0) is 22.3 Å². The van der Waals surface area contributed by atoms with Crippen LogP contribution in [0.5, 0.6) is 0 Å². The van der Waals surface area contributed by atoms with Crippen molar-refractivity contribution in [2.24, 2.45) is 5.41 Å². The standard InChI is InChI=1S/C14H17NO3/c1-17-13(18-2)12(16)14(9-15)7-10-5-3-4-6-11(10)8-14/h3-6,12-13,16H,7-8H2,1-2H3. The Kier molecular flexibility index (Phi) is 3.67. The van der Waals surface area contributed by atoms with E-state index in [1.807, 2.05) is 24.3 Å². The summed E-state index contributed by atoms with van der Waals surface area (Å²) in [5.74, 6) is 0. The van der Waals surface area contributed by atoms with Gasteiger partial charge in [0.15, 0.2) is 6.29 Å². The van der Waals surface area contributed by atoms with Gasteiger partial charge in [-0.25, -0.2) is 0 Å². The predicted molar refractivity (Wildman–Crippen MR) is 65.7 cm³/mol. The maximum atomic E-state index is 10.4. The van der Waals surface area contributed by atoms with E-state index in [0.29, 0.717) is 12.8 Å². The first kappa shape index (κ1) is 13.0. The van der Waals surface area contributed by atoms with Gasteiger partial charge < -0.3 is 14.6 Å². The molecule has 2 rings (SSSR count). The molecule has 0 aliphatic heterocycles. The summed E-state index contributed by atoms with van der Waals surface area (Å²) in [7, 11) is 2.93. The van der Waals surface area contributed by atoms with Gasteiger partial charge in [0.05, 0.1) is 11.5 Å². The molecular formula is C14H17NO3. The van der Waals surface area contributed by atoms with Crippen molar-refractivity contribution < 1.29 is 14.6 Å². The van der Waals surface area contributed by atoms with Crippen LogP contribution in [0.2, 0.25) is 0 Å². The van der Waals surface area contributed by atoms with E-state index in [1.54, 1.807) is 0 Å². The quantitative estimate of drug-likeness (QED) is 0.814. The van der Waals surface area contributed by atoms with Gasteiger partial charge in [-0.1, -0.05) is 24.3 Å². The van der Waals surface area contributed by atoms with E-state index < -0.39 is 17.8 Å². The van der Waals surface area contributed by atoms with Crippen LogP contribution < -0.4 is 0 Å². The second kappa shape index (κ2) is 5.07. The number of aliphatic hydroxyl groups excluding tert-OH is 1. The zero-order valence-corrected chi connectivity index (χ0v) is 10.6. The monoisotopic (exact) mass is 247 g/mol. The number of nitriles is 1. The molecule has 0 bridgehead atoms. The van der Waals surface area contributed by atoms with Crippen molar-refractivity contribution in [1.82, 2.24) is 0 Å². The zero-order valence-electron chi connectivity index (χ0n) is 10.6. The first-order valence-electron chi connectivity index (χ1n) is 5.88. The van der Waals surface area contributed by atoms with Crippen LogP contribution in [0, 0.1) is 16.7 Å². The highest BCUT2D eigenvalue weighted by Crippen LogP contribution is 2.40. The maximum absolute atomic E-state index is 10.4. The number of hydrogen-bond acceptors (Lipinski definition) is 4. The molecule has 0 saturated carbocycles. The topological polar surface area (TPSA) is 62.5 Å². The van der Waals surface area contributed by atoms with Gasteiger partial charge in [0, 0.05) is 14.2 Å². The Labute approximate surface area is 107 Å². The molecule has 0 saturated heterocycles. The van der Waals surface area contributed by atoms with Gasteiger partial charge in [-0.3, -0.25) is 0 Å². The number of rotatable bonds is 4. The van der Waals surface area contributed by atoms with Crippen molar-refractivity contribution in [1.29, 1.82) is 5.26 Å². The van der Waals surface area contributed by atoms with Crippen molar-refractivity contribution in [3.63, 3.8) is 0 Å². The fourth-order valence-corrected chi connectivity index (χ4v) is 2.61. The fourth-order valence-electron chi connectivity index (χ4n) is 2.61. The fraction of sp³-hybridized carbons (Fsp3) is 0.500. The maximum Gasteiger partial charge on any atom is 0.184 e. The third kappa shape index (κ3) is 2.01. The van der Waals surface area contributed by atoms with Crippen molar-refractivity contribution in [3.05, 3.63) is 35.4 Å². The molecule has 1 aliphatic rings. The SMILES string of the molecule is COC(OC)C(O)C1(C#N)Cc2ccccc2C1. The number of methoxy groups -OCH3 is 2. The molecule has 4 heteroatoms. The molecule has 0 radical (unpaired) electrons. The number of ether oxygens (including phenoxy) is 2. The Morgan fingerprint density at radius 3 is 2.11 bits per heavy atom. The molecule has 1 atom stereocenters. The van der Waals surface area contributed by atoms with Gasteiger partial charge in [0.25, 0.3) is 0 Å². The van der Waals surface area contributed by atoms with E-state index in [1.165, 1.54) is 14.2 Å². The van der Waals surface area contributed by atoms with Crippen LogP contribution in [0.1, 0.15) is 11.1 Å². The summed E-state index contributed by atoms with van der Waals surface area (Å²) in [6.45, 7) is 0. The van der Waals surface area contributed by atoms with Crippen LogP contribution in [-0.4, -0.2) is 31.7 Å². The van der Waals surface area contributed by atoms with Crippen molar-refractivity contribution in [2.45, 2.75) is 25.2 Å². The highest BCUT2D eigenvalue weighted by atomic mass is 16.7. The first-order valence-corrected chi connectivity index (χ1v) is 5.88. The smallest absolute Gasteiger partial charge is 0.184 e. The van der Waals surface area contributed by atoms with Gasteiger partial charge in [-0.05, 0) is 24.0 Å². The number of hydrogen-bond donors (Lipinski definition) is 1. The molecule has 1 aliphatic carbocycles. The Morgan fingerprint density at radius 2 is 1.72 bits per heavy atom. The summed E-state index contributed by atoms with van der Waals surface area (Å²) in [4.78, 5) is 0. The van der Waals surface area contributed by atoms with E-state index in [-0.39, 0.29) is 0 Å².